The minimum Gasteiger partial charge on any atom is -0.367 e. The highest BCUT2D eigenvalue weighted by Crippen LogP contribution is 2.50. The zero-order valence-electron chi connectivity index (χ0n) is 18.4. The molecule has 5 nitrogen and oxygen atoms in total. The lowest BCUT2D eigenvalue weighted by Crippen LogP contribution is -2.46. The van der Waals surface area contributed by atoms with Crippen molar-refractivity contribution in [3.63, 3.8) is 0 Å². The maximum atomic E-state index is 15.1. The quantitative estimate of drug-likeness (QED) is 0.267. The number of ether oxygens (including phenoxy) is 1. The van der Waals surface area contributed by atoms with E-state index in [0.717, 1.165) is 4.90 Å². The lowest BCUT2D eigenvalue weighted by atomic mass is 10.00. The van der Waals surface area contributed by atoms with Crippen molar-refractivity contribution in [2.24, 2.45) is 5.10 Å². The molecule has 2 aliphatic heterocycles. The number of nitrogens with zero attached hydrogens (tertiary/aromatic N) is 3. The van der Waals surface area contributed by atoms with Crippen molar-refractivity contribution in [3.8, 4) is 0 Å². The van der Waals surface area contributed by atoms with Crippen LogP contribution in [0.5, 0.6) is 0 Å². The molecule has 2 aliphatic carbocycles. The van der Waals surface area contributed by atoms with E-state index in [4.69, 9.17) is 4.74 Å². The van der Waals surface area contributed by atoms with E-state index in [-0.39, 0.29) is 17.3 Å². The monoisotopic (exact) mass is 543 g/mol. The van der Waals surface area contributed by atoms with Crippen LogP contribution >= 0.6 is 0 Å². The summed E-state index contributed by atoms with van der Waals surface area (Å²) in [6.45, 7) is -0.474. The first-order chi connectivity index (χ1) is 18.0. The summed E-state index contributed by atoms with van der Waals surface area (Å²) in [6.07, 6.45) is -0.523. The van der Waals surface area contributed by atoms with Gasteiger partial charge in [-0.15, -0.1) is 5.10 Å². The molecule has 0 saturated carbocycles. The Labute approximate surface area is 206 Å². The Morgan fingerprint density at radius 2 is 1.37 bits per heavy atom. The van der Waals surface area contributed by atoms with E-state index in [1.54, 1.807) is 24.3 Å². The number of allylic oxidation sites excluding steroid dienone is 5. The molecule has 0 unspecified atom stereocenters. The van der Waals surface area contributed by atoms with E-state index >= 15 is 8.78 Å². The fraction of sp³-hybridized carbons (Fsp3) is 0.167. The van der Waals surface area contributed by atoms with E-state index in [1.165, 1.54) is 0 Å². The minimum absolute atomic E-state index is 0.0386. The molecule has 38 heavy (non-hydrogen) atoms. The second-order valence-electron chi connectivity index (χ2n) is 8.60. The molecular weight excluding hydrogens is 533 g/mol. The average molecular weight is 543 g/mol. The number of amidine groups is 1. The molecule has 1 saturated heterocycles. The summed E-state index contributed by atoms with van der Waals surface area (Å²) in [4.78, 5) is 12.6. The molecule has 2 atom stereocenters. The lowest BCUT2D eigenvalue weighted by molar-refractivity contribution is -0.115. The summed E-state index contributed by atoms with van der Waals surface area (Å²) in [5, 5.41) is 3.75. The Morgan fingerprint density at radius 3 is 2.00 bits per heavy atom. The van der Waals surface area contributed by atoms with Gasteiger partial charge in [0.2, 0.25) is 17.5 Å². The molecular formula is C24H10F9N3O2. The van der Waals surface area contributed by atoms with Gasteiger partial charge in [-0.1, -0.05) is 24.3 Å². The van der Waals surface area contributed by atoms with Gasteiger partial charge in [-0.05, 0) is 11.1 Å². The first-order valence-corrected chi connectivity index (χ1v) is 10.8. The number of carbonyl (C=O) groups is 1. The van der Waals surface area contributed by atoms with Crippen LogP contribution in [0.25, 0.3) is 0 Å². The molecule has 14 heteroatoms. The minimum atomic E-state index is -2.52. The Kier molecular flexibility index (Phi) is 5.25. The number of hydrazone groups is 1. The number of anilines is 1. The third-order valence-electron chi connectivity index (χ3n) is 6.62. The number of fused-ring (bicyclic) bond motifs is 5. The molecule has 4 aliphatic rings. The van der Waals surface area contributed by atoms with Crippen molar-refractivity contribution in [3.05, 3.63) is 99.2 Å². The number of hydrogen-bond donors (Lipinski definition) is 0. The van der Waals surface area contributed by atoms with E-state index in [0.29, 0.717) is 11.1 Å². The Bertz CT molecular complexity index is 1540. The summed E-state index contributed by atoms with van der Waals surface area (Å²) in [6, 6.07) is 5.50. The maximum Gasteiger partial charge on any atom is 0.255 e. The highest BCUT2D eigenvalue weighted by atomic mass is 19.2. The predicted molar refractivity (Wildman–Crippen MR) is 111 cm³/mol. The fourth-order valence-corrected chi connectivity index (χ4v) is 4.97. The molecule has 1 fully saturated rings. The first kappa shape index (κ1) is 24.3. The van der Waals surface area contributed by atoms with Crippen molar-refractivity contribution in [2.45, 2.75) is 18.6 Å². The van der Waals surface area contributed by atoms with Crippen LogP contribution in [0, 0.1) is 29.1 Å². The van der Waals surface area contributed by atoms with Crippen LogP contribution in [0.4, 0.5) is 45.2 Å². The first-order valence-electron chi connectivity index (χ1n) is 10.8. The standard InChI is InChI=1S/C24H10F9N3O2/c25-12-11(13(26)20(33)23(37)19(12)32)24-35-10(6-38-9-5-7-3-1-2-4-8(7)21(9)35)34-36(24)22-17(30)15(28)14(27)16(29)18(22)31/h1-4,9,21H,5-6H2/t9-,21+/m1/s1. The molecule has 2 heterocycles. The second kappa shape index (κ2) is 8.21. The third-order valence-corrected chi connectivity index (χ3v) is 6.62. The van der Waals surface area contributed by atoms with Crippen LogP contribution in [0.2, 0.25) is 0 Å². The third kappa shape index (κ3) is 3.06. The van der Waals surface area contributed by atoms with Crippen LogP contribution in [0.3, 0.4) is 0 Å². The highest BCUT2D eigenvalue weighted by molar-refractivity contribution is 6.08. The normalized spacial score (nSPS) is 22.9. The van der Waals surface area contributed by atoms with Crippen LogP contribution in [0.15, 0.2) is 64.1 Å². The van der Waals surface area contributed by atoms with Gasteiger partial charge in [0.1, 0.15) is 12.3 Å². The fourth-order valence-electron chi connectivity index (χ4n) is 4.97. The van der Waals surface area contributed by atoms with Crippen molar-refractivity contribution in [1.29, 1.82) is 0 Å². The van der Waals surface area contributed by atoms with Gasteiger partial charge >= 0.3 is 0 Å². The van der Waals surface area contributed by atoms with Gasteiger partial charge in [0.15, 0.2) is 46.6 Å². The van der Waals surface area contributed by atoms with Gasteiger partial charge in [-0.3, -0.25) is 4.79 Å². The number of carbonyl (C=O) groups excluding carboxylic acids is 1. The van der Waals surface area contributed by atoms with Crippen LogP contribution < -0.4 is 5.01 Å². The average Bonchev–Trinajstić information content (AvgIpc) is 3.47. The van der Waals surface area contributed by atoms with Crippen molar-refractivity contribution >= 4 is 17.3 Å². The van der Waals surface area contributed by atoms with Crippen molar-refractivity contribution in [1.82, 2.24) is 4.90 Å². The molecule has 2 aromatic carbocycles. The predicted octanol–water partition coefficient (Wildman–Crippen LogP) is 5.61. The SMILES string of the molecule is O=C1C(F)=C(F)C(=C2N(c3c(F)c(F)c(F)c(F)c3F)N=C3CO[C@@H]4Cc5ccccc5[C@@H]4N32)C(F)=C1F. The molecule has 6 rings (SSSR count). The number of ketones is 1. The molecule has 0 bridgehead atoms. The smallest absolute Gasteiger partial charge is 0.255 e. The second-order valence-corrected chi connectivity index (χ2v) is 8.60. The van der Waals surface area contributed by atoms with Gasteiger partial charge in [0.05, 0.1) is 17.7 Å². The van der Waals surface area contributed by atoms with Gasteiger partial charge in [0, 0.05) is 6.42 Å². The summed E-state index contributed by atoms with van der Waals surface area (Å²) in [5.41, 5.74) is -2.26. The largest absolute Gasteiger partial charge is 0.367 e. The van der Waals surface area contributed by atoms with Crippen molar-refractivity contribution in [2.75, 3.05) is 11.6 Å². The van der Waals surface area contributed by atoms with E-state index < -0.39 is 94.0 Å². The van der Waals surface area contributed by atoms with Gasteiger partial charge in [0.25, 0.3) is 5.78 Å². The Morgan fingerprint density at radius 1 is 0.789 bits per heavy atom. The van der Waals surface area contributed by atoms with Gasteiger partial charge in [-0.25, -0.2) is 35.7 Å². The molecule has 0 radical (unpaired) electrons. The van der Waals surface area contributed by atoms with E-state index in [9.17, 15) is 35.5 Å². The number of morpholine rings is 1. The van der Waals surface area contributed by atoms with Crippen molar-refractivity contribution < 1.29 is 49.0 Å². The lowest BCUT2D eigenvalue weighted by Gasteiger charge is -2.38. The van der Waals surface area contributed by atoms with Crippen LogP contribution in [-0.4, -0.2) is 29.2 Å². The molecule has 0 aromatic heterocycles. The number of Topliss-reactive ketones (excluding diaryl/α,β-unsaturated/α-hetero) is 1. The molecule has 0 amide bonds. The molecule has 196 valence electrons. The highest BCUT2D eigenvalue weighted by Gasteiger charge is 2.52. The maximum absolute atomic E-state index is 15.1. The van der Waals surface area contributed by atoms with Gasteiger partial charge in [-0.2, -0.15) is 8.78 Å². The van der Waals surface area contributed by atoms with E-state index in [1.807, 2.05) is 0 Å². The Hall–Kier alpha value is -4.07. The molecule has 2 aromatic rings. The van der Waals surface area contributed by atoms with Crippen LogP contribution in [0.1, 0.15) is 17.2 Å². The summed E-state index contributed by atoms with van der Waals surface area (Å²) in [5.74, 6) is -25.2. The number of halogens is 9. The zero-order valence-corrected chi connectivity index (χ0v) is 18.4. The topological polar surface area (TPSA) is 45.1 Å². The van der Waals surface area contributed by atoms with Crippen LogP contribution in [-0.2, 0) is 16.0 Å². The molecule has 0 N–H and O–H groups in total. The summed E-state index contributed by atoms with van der Waals surface area (Å²) in [7, 11) is 0. The van der Waals surface area contributed by atoms with E-state index in [2.05, 4.69) is 5.10 Å². The molecule has 0 spiro atoms. The number of benzene rings is 2. The zero-order chi connectivity index (χ0) is 27.2. The Balaban J connectivity index is 1.69. The number of hydrogen-bond acceptors (Lipinski definition) is 5. The summed E-state index contributed by atoms with van der Waals surface area (Å²) >= 11 is 0. The number of rotatable bonds is 1. The van der Waals surface area contributed by atoms with Gasteiger partial charge < -0.3 is 9.64 Å². The summed E-state index contributed by atoms with van der Waals surface area (Å²) < 4.78 is 136.